The van der Waals surface area contributed by atoms with Gasteiger partial charge in [0.25, 0.3) is 0 Å². The van der Waals surface area contributed by atoms with Gasteiger partial charge in [-0.2, -0.15) is 0 Å². The molecule has 0 bridgehead atoms. The van der Waals surface area contributed by atoms with E-state index < -0.39 is 5.60 Å². The predicted molar refractivity (Wildman–Crippen MR) is 98.5 cm³/mol. The summed E-state index contributed by atoms with van der Waals surface area (Å²) in [6.07, 6.45) is 3.51. The van der Waals surface area contributed by atoms with Crippen molar-refractivity contribution in [3.63, 3.8) is 0 Å². The summed E-state index contributed by atoms with van der Waals surface area (Å²) < 4.78 is 8.30. The fraction of sp³-hybridized carbons (Fsp3) is 0.529. The molecule has 0 aromatic carbocycles. The Labute approximate surface area is 155 Å². The third-order valence-corrected chi connectivity index (χ3v) is 5.03. The van der Waals surface area contributed by atoms with Crippen LogP contribution in [0.15, 0.2) is 22.9 Å². The SMILES string of the molecule is CN(C(=O)OC(C)(C)C)[C@H]1C[C@@H](n2ccc3c(Cl)cc(Br)nc32)C1. The van der Waals surface area contributed by atoms with Crippen LogP contribution in [0, 0.1) is 0 Å². The standard InChI is InChI=1S/C17H21BrClN3O2/c1-17(2,3)24-16(23)21(4)10-7-11(8-10)22-6-5-12-13(19)9-14(18)20-15(12)22/h5-6,9-11H,7-8H2,1-4H3/t10-,11+. The van der Waals surface area contributed by atoms with Crippen molar-refractivity contribution in [3.8, 4) is 0 Å². The lowest BCUT2D eigenvalue weighted by molar-refractivity contribution is 0.00809. The molecule has 0 spiro atoms. The third kappa shape index (κ3) is 3.40. The number of carbonyl (C=O) groups excluding carboxylic acids is 1. The van der Waals surface area contributed by atoms with Gasteiger partial charge in [-0.1, -0.05) is 11.6 Å². The second-order valence-corrected chi connectivity index (χ2v) is 8.48. The summed E-state index contributed by atoms with van der Waals surface area (Å²) in [7, 11) is 1.80. The van der Waals surface area contributed by atoms with Gasteiger partial charge in [0.2, 0.25) is 0 Å². The molecule has 130 valence electrons. The number of rotatable bonds is 2. The second-order valence-electron chi connectivity index (χ2n) is 7.26. The minimum atomic E-state index is -0.474. The smallest absolute Gasteiger partial charge is 0.410 e. The lowest BCUT2D eigenvalue weighted by atomic mass is 9.85. The Morgan fingerprint density at radius 2 is 2.12 bits per heavy atom. The van der Waals surface area contributed by atoms with Gasteiger partial charge in [-0.05, 0) is 61.7 Å². The molecular weight excluding hydrogens is 394 g/mol. The number of ether oxygens (including phenoxy) is 1. The molecule has 1 saturated carbocycles. The summed E-state index contributed by atoms with van der Waals surface area (Å²) in [6.45, 7) is 5.63. The van der Waals surface area contributed by atoms with Gasteiger partial charge in [-0.3, -0.25) is 0 Å². The quantitative estimate of drug-likeness (QED) is 0.648. The summed E-state index contributed by atoms with van der Waals surface area (Å²) in [6, 6.07) is 4.29. The summed E-state index contributed by atoms with van der Waals surface area (Å²) in [5, 5.41) is 1.64. The third-order valence-electron chi connectivity index (χ3n) is 4.31. The number of hydrogen-bond donors (Lipinski definition) is 0. The fourth-order valence-corrected chi connectivity index (χ4v) is 3.72. The van der Waals surface area contributed by atoms with Gasteiger partial charge in [0.15, 0.2) is 0 Å². The molecule has 0 radical (unpaired) electrons. The molecule has 2 heterocycles. The first-order valence-electron chi connectivity index (χ1n) is 7.94. The van der Waals surface area contributed by atoms with Crippen LogP contribution >= 0.6 is 27.5 Å². The van der Waals surface area contributed by atoms with Gasteiger partial charge in [-0.25, -0.2) is 9.78 Å². The first-order chi connectivity index (χ1) is 11.2. The van der Waals surface area contributed by atoms with Crippen LogP contribution in [0.1, 0.15) is 39.7 Å². The van der Waals surface area contributed by atoms with Crippen molar-refractivity contribution in [1.29, 1.82) is 0 Å². The zero-order chi connectivity index (χ0) is 17.6. The number of carbonyl (C=O) groups is 1. The van der Waals surface area contributed by atoms with Crippen molar-refractivity contribution in [1.82, 2.24) is 14.5 Å². The Bertz CT molecular complexity index is 778. The highest BCUT2D eigenvalue weighted by atomic mass is 79.9. The van der Waals surface area contributed by atoms with E-state index in [1.165, 1.54) is 0 Å². The lowest BCUT2D eigenvalue weighted by Crippen LogP contribution is -2.47. The molecular formula is C17H21BrClN3O2. The molecule has 1 aliphatic rings. The Hall–Kier alpha value is -1.27. The van der Waals surface area contributed by atoms with Crippen LogP contribution in [0.3, 0.4) is 0 Å². The van der Waals surface area contributed by atoms with Crippen molar-refractivity contribution in [2.24, 2.45) is 0 Å². The van der Waals surface area contributed by atoms with Gasteiger partial charge >= 0.3 is 6.09 Å². The Kier molecular flexibility index (Phi) is 4.55. The van der Waals surface area contributed by atoms with Gasteiger partial charge in [0.05, 0.1) is 5.02 Å². The summed E-state index contributed by atoms with van der Waals surface area (Å²) >= 11 is 9.67. The van der Waals surface area contributed by atoms with Crippen molar-refractivity contribution in [3.05, 3.63) is 28.0 Å². The van der Waals surface area contributed by atoms with Gasteiger partial charge < -0.3 is 14.2 Å². The largest absolute Gasteiger partial charge is 0.444 e. The van der Waals surface area contributed by atoms with Gasteiger partial charge in [0, 0.05) is 30.7 Å². The van der Waals surface area contributed by atoms with E-state index in [1.54, 1.807) is 18.0 Å². The number of pyridine rings is 1. The molecule has 0 saturated heterocycles. The molecule has 1 amide bonds. The summed E-state index contributed by atoms with van der Waals surface area (Å²) in [5.41, 5.74) is 0.399. The molecule has 24 heavy (non-hydrogen) atoms. The fourth-order valence-electron chi connectivity index (χ4n) is 2.94. The van der Waals surface area contributed by atoms with Crippen molar-refractivity contribution in [2.45, 2.75) is 51.3 Å². The topological polar surface area (TPSA) is 47.4 Å². The number of hydrogen-bond acceptors (Lipinski definition) is 3. The first-order valence-corrected chi connectivity index (χ1v) is 9.11. The van der Waals surface area contributed by atoms with E-state index >= 15 is 0 Å². The molecule has 1 aliphatic carbocycles. The van der Waals surface area contributed by atoms with Crippen LogP contribution in [-0.2, 0) is 4.74 Å². The van der Waals surface area contributed by atoms with Gasteiger partial charge in [-0.15, -0.1) is 0 Å². The molecule has 7 heteroatoms. The van der Waals surface area contributed by atoms with E-state index in [0.29, 0.717) is 11.1 Å². The van der Waals surface area contributed by atoms with Crippen LogP contribution in [0.25, 0.3) is 11.0 Å². The molecule has 0 aliphatic heterocycles. The van der Waals surface area contributed by atoms with E-state index in [-0.39, 0.29) is 12.1 Å². The average molecular weight is 415 g/mol. The van der Waals surface area contributed by atoms with Crippen LogP contribution in [0.5, 0.6) is 0 Å². The highest BCUT2D eigenvalue weighted by molar-refractivity contribution is 9.10. The Morgan fingerprint density at radius 1 is 1.46 bits per heavy atom. The predicted octanol–water partition coefficient (Wildman–Crippen LogP) is 5.02. The highest BCUT2D eigenvalue weighted by Gasteiger charge is 2.37. The second kappa shape index (κ2) is 6.23. The normalized spacial score (nSPS) is 20.8. The minimum Gasteiger partial charge on any atom is -0.444 e. The summed E-state index contributed by atoms with van der Waals surface area (Å²) in [4.78, 5) is 18.4. The van der Waals surface area contributed by atoms with Crippen molar-refractivity contribution >= 4 is 44.7 Å². The van der Waals surface area contributed by atoms with Crippen molar-refractivity contribution < 1.29 is 9.53 Å². The molecule has 0 N–H and O–H groups in total. The summed E-state index contributed by atoms with van der Waals surface area (Å²) in [5.74, 6) is 0. The number of aromatic nitrogens is 2. The molecule has 0 unspecified atom stereocenters. The zero-order valence-electron chi connectivity index (χ0n) is 14.2. The number of fused-ring (bicyclic) bond motifs is 1. The maximum Gasteiger partial charge on any atom is 0.410 e. The molecule has 0 atom stereocenters. The van der Waals surface area contributed by atoms with E-state index in [1.807, 2.05) is 33.0 Å². The monoisotopic (exact) mass is 413 g/mol. The number of halogens is 2. The van der Waals surface area contributed by atoms with Crippen molar-refractivity contribution in [2.75, 3.05) is 7.05 Å². The molecule has 2 aromatic heterocycles. The Morgan fingerprint density at radius 3 is 2.75 bits per heavy atom. The van der Waals surface area contributed by atoms with Gasteiger partial charge in [0.1, 0.15) is 15.9 Å². The molecule has 3 rings (SSSR count). The maximum absolute atomic E-state index is 12.1. The van der Waals surface area contributed by atoms with E-state index in [0.717, 1.165) is 28.5 Å². The van der Waals surface area contributed by atoms with E-state index in [2.05, 4.69) is 25.5 Å². The van der Waals surface area contributed by atoms with Crippen LogP contribution in [0.2, 0.25) is 5.02 Å². The van der Waals surface area contributed by atoms with E-state index in [9.17, 15) is 4.79 Å². The van der Waals surface area contributed by atoms with Crippen LogP contribution in [0.4, 0.5) is 4.79 Å². The first kappa shape index (κ1) is 17.5. The number of nitrogens with zero attached hydrogens (tertiary/aromatic N) is 3. The van der Waals surface area contributed by atoms with Crippen LogP contribution < -0.4 is 0 Å². The zero-order valence-corrected chi connectivity index (χ0v) is 16.6. The average Bonchev–Trinajstić information content (AvgIpc) is 2.79. The molecule has 1 fully saturated rings. The number of amides is 1. The van der Waals surface area contributed by atoms with E-state index in [4.69, 9.17) is 16.3 Å². The van der Waals surface area contributed by atoms with Crippen LogP contribution in [-0.4, -0.2) is 39.2 Å². The highest BCUT2D eigenvalue weighted by Crippen LogP contribution is 2.39. The Balaban J connectivity index is 1.70. The lowest BCUT2D eigenvalue weighted by Gasteiger charge is -2.42. The minimum absolute atomic E-state index is 0.185. The molecule has 2 aromatic rings. The molecule has 5 nitrogen and oxygen atoms in total. The maximum atomic E-state index is 12.1.